The molecule has 0 aromatic heterocycles. The molecule has 1 heterocycles. The molecular formula is C21H35FIN5O2. The number of rotatable bonds is 9. The van der Waals surface area contributed by atoms with Crippen molar-refractivity contribution in [1.29, 1.82) is 0 Å². The van der Waals surface area contributed by atoms with Crippen LogP contribution in [0.2, 0.25) is 0 Å². The lowest BCUT2D eigenvalue weighted by Crippen LogP contribution is -2.51. The van der Waals surface area contributed by atoms with E-state index >= 15 is 0 Å². The Labute approximate surface area is 196 Å². The molecular weight excluding hydrogens is 500 g/mol. The van der Waals surface area contributed by atoms with Crippen molar-refractivity contribution in [2.45, 2.75) is 33.2 Å². The van der Waals surface area contributed by atoms with Crippen LogP contribution in [0.25, 0.3) is 0 Å². The highest BCUT2D eigenvalue weighted by Gasteiger charge is 2.22. The summed E-state index contributed by atoms with van der Waals surface area (Å²) in [7, 11) is 0. The van der Waals surface area contributed by atoms with E-state index in [1.165, 1.54) is 12.1 Å². The van der Waals surface area contributed by atoms with Crippen LogP contribution in [-0.4, -0.2) is 68.7 Å². The van der Waals surface area contributed by atoms with E-state index in [0.717, 1.165) is 39.3 Å². The quantitative estimate of drug-likeness (QED) is 0.258. The lowest BCUT2D eigenvalue weighted by molar-refractivity contribution is -0.114. The summed E-state index contributed by atoms with van der Waals surface area (Å²) >= 11 is 0. The molecule has 1 amide bonds. The summed E-state index contributed by atoms with van der Waals surface area (Å²) in [5, 5.41) is 9.21. The van der Waals surface area contributed by atoms with Gasteiger partial charge in [-0.1, -0.05) is 19.9 Å². The van der Waals surface area contributed by atoms with Crippen molar-refractivity contribution in [2.75, 3.05) is 51.3 Å². The first-order valence-corrected chi connectivity index (χ1v) is 10.4. The molecule has 0 spiro atoms. The largest absolute Gasteiger partial charge is 0.379 e. The van der Waals surface area contributed by atoms with Gasteiger partial charge in [0.1, 0.15) is 12.4 Å². The van der Waals surface area contributed by atoms with Crippen molar-refractivity contribution >= 4 is 41.5 Å². The molecule has 7 nitrogen and oxygen atoms in total. The highest BCUT2D eigenvalue weighted by molar-refractivity contribution is 14.0. The van der Waals surface area contributed by atoms with E-state index in [1.54, 1.807) is 12.1 Å². The van der Waals surface area contributed by atoms with Crippen molar-refractivity contribution in [3.63, 3.8) is 0 Å². The van der Waals surface area contributed by atoms with Crippen molar-refractivity contribution in [2.24, 2.45) is 10.9 Å². The van der Waals surface area contributed by atoms with Crippen LogP contribution >= 0.6 is 24.0 Å². The second kappa shape index (κ2) is 14.5. The smallest absolute Gasteiger partial charge is 0.246 e. The third-order valence-corrected chi connectivity index (χ3v) is 4.64. The number of hydrogen-bond acceptors (Lipinski definition) is 4. The van der Waals surface area contributed by atoms with Gasteiger partial charge in [0.15, 0.2) is 5.96 Å². The maximum Gasteiger partial charge on any atom is 0.246 e. The molecule has 2 rings (SSSR count). The van der Waals surface area contributed by atoms with Gasteiger partial charge in [0.05, 0.1) is 13.2 Å². The van der Waals surface area contributed by atoms with Crippen molar-refractivity contribution < 1.29 is 13.9 Å². The molecule has 0 bridgehead atoms. The fourth-order valence-electron chi connectivity index (χ4n) is 3.32. The Morgan fingerprint density at radius 1 is 1.27 bits per heavy atom. The van der Waals surface area contributed by atoms with E-state index in [1.807, 2.05) is 6.92 Å². The number of anilines is 1. The lowest BCUT2D eigenvalue weighted by Gasteiger charge is -2.35. The molecule has 1 aromatic carbocycles. The number of benzene rings is 1. The highest BCUT2D eigenvalue weighted by atomic mass is 127. The number of morpholine rings is 1. The predicted octanol–water partition coefficient (Wildman–Crippen LogP) is 2.68. The second-order valence-electron chi connectivity index (χ2n) is 7.57. The summed E-state index contributed by atoms with van der Waals surface area (Å²) in [5.74, 6) is 0.505. The van der Waals surface area contributed by atoms with Gasteiger partial charge in [-0.25, -0.2) is 9.38 Å². The number of carbonyl (C=O) groups is 1. The molecule has 0 aliphatic carbocycles. The first kappa shape index (κ1) is 26.6. The molecule has 170 valence electrons. The first-order valence-electron chi connectivity index (χ1n) is 10.4. The Morgan fingerprint density at radius 3 is 2.63 bits per heavy atom. The average molecular weight is 535 g/mol. The van der Waals surface area contributed by atoms with E-state index in [9.17, 15) is 9.18 Å². The van der Waals surface area contributed by atoms with Gasteiger partial charge in [-0.3, -0.25) is 9.69 Å². The summed E-state index contributed by atoms with van der Waals surface area (Å²) in [6.07, 6.45) is 1.08. The van der Waals surface area contributed by atoms with Crippen LogP contribution in [0.3, 0.4) is 0 Å². The summed E-state index contributed by atoms with van der Waals surface area (Å²) in [5.41, 5.74) is 0.424. The Balaban J connectivity index is 0.00000450. The molecule has 1 fully saturated rings. The number of hydrogen-bond donors (Lipinski definition) is 3. The molecule has 1 aromatic rings. The SMILES string of the molecule is CCNC(=NCC(=O)Nc1cccc(F)c1)NCC(CC(C)C)N1CCOCC1.I. The zero-order valence-electron chi connectivity index (χ0n) is 18.1. The Kier molecular flexibility index (Phi) is 12.9. The van der Waals surface area contributed by atoms with Crippen LogP contribution < -0.4 is 16.0 Å². The van der Waals surface area contributed by atoms with Crippen molar-refractivity contribution in [3.8, 4) is 0 Å². The van der Waals surface area contributed by atoms with Gasteiger partial charge in [0.25, 0.3) is 0 Å². The third kappa shape index (κ3) is 10.0. The molecule has 1 aliphatic heterocycles. The number of aliphatic imine (C=N–C) groups is 1. The van der Waals surface area contributed by atoms with Gasteiger partial charge in [0, 0.05) is 37.9 Å². The number of nitrogens with zero attached hydrogens (tertiary/aromatic N) is 2. The fourth-order valence-corrected chi connectivity index (χ4v) is 3.32. The molecule has 1 saturated heterocycles. The predicted molar refractivity (Wildman–Crippen MR) is 130 cm³/mol. The average Bonchev–Trinajstić information content (AvgIpc) is 2.69. The zero-order valence-corrected chi connectivity index (χ0v) is 20.4. The second-order valence-corrected chi connectivity index (χ2v) is 7.57. The maximum atomic E-state index is 13.2. The van der Waals surface area contributed by atoms with Gasteiger partial charge in [0.2, 0.25) is 5.91 Å². The minimum atomic E-state index is -0.388. The molecule has 1 atom stereocenters. The van der Waals surface area contributed by atoms with Gasteiger partial charge in [-0.05, 0) is 37.5 Å². The summed E-state index contributed by atoms with van der Waals surface area (Å²) in [6, 6.07) is 6.20. The molecule has 1 aliphatic rings. The lowest BCUT2D eigenvalue weighted by atomic mass is 10.0. The molecule has 0 saturated carbocycles. The number of amides is 1. The number of ether oxygens (including phenoxy) is 1. The third-order valence-electron chi connectivity index (χ3n) is 4.64. The normalized spacial score (nSPS) is 16.0. The van der Waals surface area contributed by atoms with Gasteiger partial charge in [-0.15, -0.1) is 24.0 Å². The molecule has 3 N–H and O–H groups in total. The van der Waals surface area contributed by atoms with E-state index < -0.39 is 0 Å². The van der Waals surface area contributed by atoms with Gasteiger partial charge >= 0.3 is 0 Å². The molecule has 9 heteroatoms. The zero-order chi connectivity index (χ0) is 21.1. The number of halogens is 2. The summed E-state index contributed by atoms with van der Waals surface area (Å²) in [4.78, 5) is 19.0. The monoisotopic (exact) mass is 535 g/mol. The molecule has 0 radical (unpaired) electrons. The Hall–Kier alpha value is -1.46. The van der Waals surface area contributed by atoms with Crippen LogP contribution in [0.5, 0.6) is 0 Å². The Bertz CT molecular complexity index is 669. The van der Waals surface area contributed by atoms with Crippen molar-refractivity contribution in [1.82, 2.24) is 15.5 Å². The van der Waals surface area contributed by atoms with Crippen LogP contribution in [0.15, 0.2) is 29.3 Å². The fraction of sp³-hybridized carbons (Fsp3) is 0.619. The van der Waals surface area contributed by atoms with Crippen LogP contribution in [-0.2, 0) is 9.53 Å². The number of guanidine groups is 1. The minimum Gasteiger partial charge on any atom is -0.379 e. The van der Waals surface area contributed by atoms with Crippen LogP contribution in [0, 0.1) is 11.7 Å². The Morgan fingerprint density at radius 2 is 2.00 bits per heavy atom. The highest BCUT2D eigenvalue weighted by Crippen LogP contribution is 2.13. The summed E-state index contributed by atoms with van der Waals surface area (Å²) in [6.45, 7) is 11.2. The van der Waals surface area contributed by atoms with Crippen LogP contribution in [0.1, 0.15) is 27.2 Å². The summed E-state index contributed by atoms with van der Waals surface area (Å²) < 4.78 is 18.7. The van der Waals surface area contributed by atoms with Crippen LogP contribution in [0.4, 0.5) is 10.1 Å². The minimum absolute atomic E-state index is 0. The molecule has 1 unspecified atom stereocenters. The van der Waals surface area contributed by atoms with E-state index in [2.05, 4.69) is 39.7 Å². The standard InChI is InChI=1S/C21H34FN5O2.HI/c1-4-23-21(25-15-20(28)26-18-7-5-6-17(22)13-18)24-14-19(12-16(2)3)27-8-10-29-11-9-27;/h5-7,13,16,19H,4,8-12,14-15H2,1-3H3,(H,26,28)(H2,23,24,25);1H. The topological polar surface area (TPSA) is 78.0 Å². The van der Waals surface area contributed by atoms with E-state index in [-0.39, 0.29) is 42.2 Å². The molecule has 30 heavy (non-hydrogen) atoms. The maximum absolute atomic E-state index is 13.2. The van der Waals surface area contributed by atoms with E-state index in [0.29, 0.717) is 30.2 Å². The first-order chi connectivity index (χ1) is 14.0. The van der Waals surface area contributed by atoms with Gasteiger partial charge in [-0.2, -0.15) is 0 Å². The number of nitrogens with one attached hydrogen (secondary N) is 3. The number of carbonyl (C=O) groups excluding carboxylic acids is 1. The van der Waals surface area contributed by atoms with E-state index in [4.69, 9.17) is 4.74 Å². The van der Waals surface area contributed by atoms with Gasteiger partial charge < -0.3 is 20.7 Å². The van der Waals surface area contributed by atoms with Crippen molar-refractivity contribution in [3.05, 3.63) is 30.1 Å².